The second kappa shape index (κ2) is 6.92. The highest BCUT2D eigenvalue weighted by Crippen LogP contribution is 2.21. The minimum Gasteiger partial charge on any atom is -0.481 e. The van der Waals surface area contributed by atoms with Gasteiger partial charge < -0.3 is 10.4 Å². The van der Waals surface area contributed by atoms with Gasteiger partial charge in [0.1, 0.15) is 0 Å². The molecule has 0 aliphatic heterocycles. The summed E-state index contributed by atoms with van der Waals surface area (Å²) in [5.74, 6) is -1.13. The minimum atomic E-state index is -0.919. The lowest BCUT2D eigenvalue weighted by molar-refractivity contribution is -0.137. The van der Waals surface area contributed by atoms with Gasteiger partial charge in [0.2, 0.25) is 5.91 Å². The summed E-state index contributed by atoms with van der Waals surface area (Å²) in [6.07, 6.45) is 0.631. The first kappa shape index (κ1) is 15.2. The molecule has 2 N–H and O–H groups in total. The Bertz CT molecular complexity index is 456. The van der Waals surface area contributed by atoms with E-state index in [1.807, 2.05) is 45.0 Å². The lowest BCUT2D eigenvalue weighted by Crippen LogP contribution is -2.34. The van der Waals surface area contributed by atoms with Gasteiger partial charge in [-0.15, -0.1) is 0 Å². The van der Waals surface area contributed by atoms with E-state index >= 15 is 0 Å². The molecule has 0 bridgehead atoms. The molecule has 4 nitrogen and oxygen atoms in total. The number of carboxylic acid groups (broad SMARTS) is 1. The predicted molar refractivity (Wildman–Crippen MR) is 73.8 cm³/mol. The third kappa shape index (κ3) is 4.39. The normalized spacial score (nSPS) is 13.6. The molecule has 0 aliphatic rings. The lowest BCUT2D eigenvalue weighted by Gasteiger charge is -2.21. The van der Waals surface area contributed by atoms with Crippen molar-refractivity contribution in [2.45, 2.75) is 39.7 Å². The number of amides is 1. The number of carboxylic acids is 1. The molecule has 2 unspecified atom stereocenters. The van der Waals surface area contributed by atoms with Gasteiger partial charge in [-0.25, -0.2) is 0 Å². The van der Waals surface area contributed by atoms with E-state index in [0.717, 1.165) is 17.5 Å². The number of carbonyl (C=O) groups excluding carboxylic acids is 1. The van der Waals surface area contributed by atoms with Gasteiger partial charge in [0.25, 0.3) is 0 Å². The number of carbonyl (C=O) groups is 2. The molecular formula is C15H21NO3. The summed E-state index contributed by atoms with van der Waals surface area (Å²) < 4.78 is 0. The number of aryl methyl sites for hydroxylation is 1. The zero-order valence-corrected chi connectivity index (χ0v) is 11.6. The summed E-state index contributed by atoms with van der Waals surface area (Å²) in [5.41, 5.74) is 1.85. The number of nitrogens with one attached hydrogen (secondary N) is 1. The van der Waals surface area contributed by atoms with Crippen molar-refractivity contribution in [2.75, 3.05) is 0 Å². The number of aliphatic carboxylic acids is 1. The van der Waals surface area contributed by atoms with Crippen LogP contribution < -0.4 is 5.32 Å². The third-order valence-corrected chi connectivity index (χ3v) is 3.32. The van der Waals surface area contributed by atoms with Crippen molar-refractivity contribution in [3.63, 3.8) is 0 Å². The van der Waals surface area contributed by atoms with Crippen LogP contribution in [0.15, 0.2) is 24.3 Å². The van der Waals surface area contributed by atoms with Crippen molar-refractivity contribution >= 4 is 11.9 Å². The maximum Gasteiger partial charge on any atom is 0.305 e. The number of hydrogen-bond donors (Lipinski definition) is 2. The van der Waals surface area contributed by atoms with E-state index in [4.69, 9.17) is 5.11 Å². The molecule has 0 saturated heterocycles. The standard InChI is InChI=1S/C15H21NO3/c1-4-10(2)15(19)16-13(9-14(17)18)12-8-6-5-7-11(12)3/h5-8,10,13H,4,9H2,1-3H3,(H,16,19)(H,17,18). The smallest absolute Gasteiger partial charge is 0.305 e. The van der Waals surface area contributed by atoms with Gasteiger partial charge in [-0.05, 0) is 24.5 Å². The van der Waals surface area contributed by atoms with E-state index < -0.39 is 12.0 Å². The summed E-state index contributed by atoms with van der Waals surface area (Å²) in [4.78, 5) is 22.9. The molecule has 0 aromatic heterocycles. The Hall–Kier alpha value is -1.84. The van der Waals surface area contributed by atoms with Crippen molar-refractivity contribution in [1.29, 1.82) is 0 Å². The fraction of sp³-hybridized carbons (Fsp3) is 0.467. The second-order valence-corrected chi connectivity index (χ2v) is 4.82. The highest BCUT2D eigenvalue weighted by molar-refractivity contribution is 5.79. The van der Waals surface area contributed by atoms with E-state index in [0.29, 0.717) is 0 Å². The van der Waals surface area contributed by atoms with Crippen LogP contribution in [0.5, 0.6) is 0 Å². The molecule has 2 atom stereocenters. The monoisotopic (exact) mass is 263 g/mol. The minimum absolute atomic E-state index is 0.1000. The first-order chi connectivity index (χ1) is 8.95. The molecule has 4 heteroatoms. The van der Waals surface area contributed by atoms with E-state index in [2.05, 4.69) is 5.32 Å². The Labute approximate surface area is 113 Å². The zero-order chi connectivity index (χ0) is 14.4. The van der Waals surface area contributed by atoms with Crippen LogP contribution in [0.4, 0.5) is 0 Å². The molecule has 19 heavy (non-hydrogen) atoms. The second-order valence-electron chi connectivity index (χ2n) is 4.82. The predicted octanol–water partition coefficient (Wildman–Crippen LogP) is 2.67. The van der Waals surface area contributed by atoms with Gasteiger partial charge in [-0.3, -0.25) is 9.59 Å². The maximum absolute atomic E-state index is 11.9. The van der Waals surface area contributed by atoms with Crippen LogP contribution in [-0.2, 0) is 9.59 Å². The lowest BCUT2D eigenvalue weighted by atomic mass is 9.97. The molecule has 104 valence electrons. The van der Waals surface area contributed by atoms with E-state index in [1.54, 1.807) is 0 Å². The molecule has 0 saturated carbocycles. The van der Waals surface area contributed by atoms with Crippen molar-refractivity contribution in [1.82, 2.24) is 5.32 Å². The van der Waals surface area contributed by atoms with Gasteiger partial charge in [0, 0.05) is 5.92 Å². The van der Waals surface area contributed by atoms with Crippen molar-refractivity contribution in [2.24, 2.45) is 5.92 Å². The van der Waals surface area contributed by atoms with Crippen LogP contribution in [0.2, 0.25) is 0 Å². The summed E-state index contributed by atoms with van der Waals surface area (Å²) in [6, 6.07) is 7.05. The highest BCUT2D eigenvalue weighted by Gasteiger charge is 2.21. The zero-order valence-electron chi connectivity index (χ0n) is 11.6. The summed E-state index contributed by atoms with van der Waals surface area (Å²) in [5, 5.41) is 11.8. The molecule has 0 spiro atoms. The van der Waals surface area contributed by atoms with Crippen LogP contribution in [0.3, 0.4) is 0 Å². The fourth-order valence-electron chi connectivity index (χ4n) is 1.89. The SMILES string of the molecule is CCC(C)C(=O)NC(CC(=O)O)c1ccccc1C. The van der Waals surface area contributed by atoms with Gasteiger partial charge in [-0.1, -0.05) is 38.1 Å². The third-order valence-electron chi connectivity index (χ3n) is 3.32. The Morgan fingerprint density at radius 3 is 2.47 bits per heavy atom. The molecular weight excluding hydrogens is 242 g/mol. The Morgan fingerprint density at radius 1 is 1.32 bits per heavy atom. The van der Waals surface area contributed by atoms with Crippen LogP contribution in [0.25, 0.3) is 0 Å². The Kier molecular flexibility index (Phi) is 5.55. The number of rotatable bonds is 6. The molecule has 1 amide bonds. The molecule has 0 heterocycles. The maximum atomic E-state index is 11.9. The Morgan fingerprint density at radius 2 is 1.95 bits per heavy atom. The topological polar surface area (TPSA) is 66.4 Å². The summed E-state index contributed by atoms with van der Waals surface area (Å²) >= 11 is 0. The molecule has 0 radical (unpaired) electrons. The van der Waals surface area contributed by atoms with Crippen LogP contribution in [-0.4, -0.2) is 17.0 Å². The quantitative estimate of drug-likeness (QED) is 0.829. The Balaban J connectivity index is 2.93. The van der Waals surface area contributed by atoms with Gasteiger partial charge >= 0.3 is 5.97 Å². The van der Waals surface area contributed by atoms with Crippen LogP contribution >= 0.6 is 0 Å². The van der Waals surface area contributed by atoms with Crippen LogP contribution in [0, 0.1) is 12.8 Å². The van der Waals surface area contributed by atoms with Gasteiger partial charge in [0.05, 0.1) is 12.5 Å². The molecule has 0 fully saturated rings. The van der Waals surface area contributed by atoms with Crippen molar-refractivity contribution < 1.29 is 14.7 Å². The first-order valence-electron chi connectivity index (χ1n) is 6.53. The first-order valence-corrected chi connectivity index (χ1v) is 6.53. The van der Waals surface area contributed by atoms with Crippen molar-refractivity contribution in [3.8, 4) is 0 Å². The van der Waals surface area contributed by atoms with Crippen molar-refractivity contribution in [3.05, 3.63) is 35.4 Å². The largest absolute Gasteiger partial charge is 0.481 e. The van der Waals surface area contributed by atoms with Gasteiger partial charge in [0.15, 0.2) is 0 Å². The van der Waals surface area contributed by atoms with E-state index in [-0.39, 0.29) is 18.2 Å². The van der Waals surface area contributed by atoms with Gasteiger partial charge in [-0.2, -0.15) is 0 Å². The molecule has 0 aliphatic carbocycles. The fourth-order valence-corrected chi connectivity index (χ4v) is 1.89. The average Bonchev–Trinajstić information content (AvgIpc) is 2.37. The average molecular weight is 263 g/mol. The number of benzene rings is 1. The number of hydrogen-bond acceptors (Lipinski definition) is 2. The summed E-state index contributed by atoms with van der Waals surface area (Å²) in [7, 11) is 0. The molecule has 1 rings (SSSR count). The summed E-state index contributed by atoms with van der Waals surface area (Å²) in [6.45, 7) is 5.69. The molecule has 1 aromatic rings. The molecule has 1 aromatic carbocycles. The van der Waals surface area contributed by atoms with E-state index in [9.17, 15) is 9.59 Å². The van der Waals surface area contributed by atoms with Crippen LogP contribution in [0.1, 0.15) is 43.9 Å². The highest BCUT2D eigenvalue weighted by atomic mass is 16.4. The van der Waals surface area contributed by atoms with E-state index in [1.165, 1.54) is 0 Å².